The summed E-state index contributed by atoms with van der Waals surface area (Å²) in [7, 11) is 3.44. The van der Waals surface area contributed by atoms with Gasteiger partial charge in [-0.3, -0.25) is 4.79 Å². The van der Waals surface area contributed by atoms with Crippen LogP contribution >= 0.6 is 0 Å². The number of methoxy groups -OCH3 is 1. The van der Waals surface area contributed by atoms with Crippen molar-refractivity contribution in [1.29, 1.82) is 0 Å². The van der Waals surface area contributed by atoms with Gasteiger partial charge in [0.2, 0.25) is 0 Å². The van der Waals surface area contributed by atoms with Gasteiger partial charge in [-0.25, -0.2) is 14.6 Å². The highest BCUT2D eigenvalue weighted by atomic mass is 16.5. The first-order valence-electron chi connectivity index (χ1n) is 12.0. The Morgan fingerprint density at radius 3 is 2.81 bits per heavy atom. The molecule has 4 N–H and O–H groups in total. The third-order valence-electron chi connectivity index (χ3n) is 6.72. The van der Waals surface area contributed by atoms with Crippen LogP contribution in [-0.2, 0) is 7.05 Å². The van der Waals surface area contributed by atoms with Gasteiger partial charge in [0.1, 0.15) is 34.5 Å². The number of nitrogen functional groups attached to an aromatic ring is 1. The number of rotatable bonds is 5. The van der Waals surface area contributed by atoms with Gasteiger partial charge in [-0.15, -0.1) is 0 Å². The molecular weight excluding hydrogens is 468 g/mol. The van der Waals surface area contributed by atoms with Crippen LogP contribution in [0, 0.1) is 0 Å². The number of anilines is 2. The van der Waals surface area contributed by atoms with Crippen molar-refractivity contribution >= 4 is 44.9 Å². The molecule has 4 heterocycles. The van der Waals surface area contributed by atoms with E-state index in [2.05, 4.69) is 26.7 Å². The van der Waals surface area contributed by atoms with Crippen LogP contribution in [0.5, 0.6) is 5.75 Å². The molecule has 0 radical (unpaired) electrons. The third kappa shape index (κ3) is 3.87. The van der Waals surface area contributed by atoms with Crippen molar-refractivity contribution in [2.75, 3.05) is 31.2 Å². The summed E-state index contributed by atoms with van der Waals surface area (Å²) in [5.41, 5.74) is 12.3. The summed E-state index contributed by atoms with van der Waals surface area (Å²) in [5, 5.41) is 12.2. The van der Waals surface area contributed by atoms with E-state index in [9.17, 15) is 4.79 Å². The molecule has 1 amide bonds. The highest BCUT2D eigenvalue weighted by Crippen LogP contribution is 2.33. The van der Waals surface area contributed by atoms with Crippen LogP contribution in [0.15, 0.2) is 60.9 Å². The number of para-hydroxylation sites is 1. The average molecular weight is 495 g/mol. The van der Waals surface area contributed by atoms with Crippen molar-refractivity contribution in [2.24, 2.45) is 7.05 Å². The van der Waals surface area contributed by atoms with Crippen LogP contribution < -0.4 is 21.1 Å². The van der Waals surface area contributed by atoms with Gasteiger partial charge in [0.25, 0.3) is 5.91 Å². The summed E-state index contributed by atoms with van der Waals surface area (Å²) >= 11 is 0. The molecule has 37 heavy (non-hydrogen) atoms. The van der Waals surface area contributed by atoms with Crippen molar-refractivity contribution < 1.29 is 9.53 Å². The molecule has 10 nitrogen and oxygen atoms in total. The molecule has 0 saturated heterocycles. The van der Waals surface area contributed by atoms with Crippen LogP contribution in [0.2, 0.25) is 0 Å². The predicted molar refractivity (Wildman–Crippen MR) is 144 cm³/mol. The lowest BCUT2D eigenvalue weighted by molar-refractivity contribution is 0.101. The van der Waals surface area contributed by atoms with Gasteiger partial charge in [0, 0.05) is 30.6 Å². The van der Waals surface area contributed by atoms with E-state index in [0.29, 0.717) is 39.7 Å². The van der Waals surface area contributed by atoms with E-state index in [1.54, 1.807) is 17.9 Å². The van der Waals surface area contributed by atoms with Crippen LogP contribution in [0.3, 0.4) is 0 Å². The summed E-state index contributed by atoms with van der Waals surface area (Å²) in [4.78, 5) is 21.9. The molecule has 0 aliphatic carbocycles. The zero-order valence-electron chi connectivity index (χ0n) is 20.5. The molecule has 186 valence electrons. The SMILES string of the molecule is COc1cc(-n2nc(C3=CCNCC3)c3ncnc(N)c32)ccc1NC(=O)c1cc2ccccc2n1C. The van der Waals surface area contributed by atoms with Crippen molar-refractivity contribution in [1.82, 2.24) is 29.6 Å². The number of hydrogen-bond donors (Lipinski definition) is 3. The molecule has 0 unspecified atom stereocenters. The first kappa shape index (κ1) is 22.7. The maximum atomic E-state index is 13.2. The Balaban J connectivity index is 1.38. The lowest BCUT2D eigenvalue weighted by atomic mass is 10.1. The summed E-state index contributed by atoms with van der Waals surface area (Å²) < 4.78 is 9.27. The summed E-state index contributed by atoms with van der Waals surface area (Å²) in [6, 6.07) is 15.2. The number of nitrogens with zero attached hydrogens (tertiary/aromatic N) is 5. The van der Waals surface area contributed by atoms with E-state index in [1.165, 1.54) is 6.33 Å². The lowest BCUT2D eigenvalue weighted by Gasteiger charge is -2.13. The number of fused-ring (bicyclic) bond motifs is 2. The first-order valence-corrected chi connectivity index (χ1v) is 12.0. The minimum Gasteiger partial charge on any atom is -0.494 e. The molecule has 0 saturated carbocycles. The minimum atomic E-state index is -0.230. The van der Waals surface area contributed by atoms with E-state index in [0.717, 1.165) is 41.7 Å². The molecule has 0 bridgehead atoms. The fourth-order valence-electron chi connectivity index (χ4n) is 4.82. The normalized spacial score (nSPS) is 13.6. The monoisotopic (exact) mass is 494 g/mol. The molecule has 1 aliphatic heterocycles. The standard InChI is InChI=1S/C27H26N8O2/c1-34-20-6-4-3-5-17(20)13-21(34)27(36)32-19-8-7-18(14-22(19)37-2)35-25-24(30-15-31-26(25)28)23(33-35)16-9-11-29-12-10-16/h3-9,13-15,29H,10-12H2,1-2H3,(H,32,36)(H2,28,30,31). The van der Waals surface area contributed by atoms with E-state index in [1.807, 2.05) is 54.1 Å². The molecule has 3 aromatic heterocycles. The zero-order chi connectivity index (χ0) is 25.5. The molecule has 6 rings (SSSR count). The van der Waals surface area contributed by atoms with Gasteiger partial charge >= 0.3 is 0 Å². The Labute approximate surface area is 212 Å². The third-order valence-corrected chi connectivity index (χ3v) is 6.72. The molecule has 0 atom stereocenters. The predicted octanol–water partition coefficient (Wildman–Crippen LogP) is 3.53. The van der Waals surface area contributed by atoms with Gasteiger partial charge in [-0.2, -0.15) is 5.10 Å². The number of aryl methyl sites for hydroxylation is 1. The largest absolute Gasteiger partial charge is 0.494 e. The number of ether oxygens (including phenoxy) is 1. The first-order chi connectivity index (χ1) is 18.0. The molecule has 0 spiro atoms. The fourth-order valence-corrected chi connectivity index (χ4v) is 4.82. The Morgan fingerprint density at radius 2 is 2.03 bits per heavy atom. The second-order valence-corrected chi connectivity index (χ2v) is 8.89. The molecule has 5 aromatic rings. The number of aromatic nitrogens is 5. The van der Waals surface area contributed by atoms with Crippen LogP contribution in [0.25, 0.3) is 33.2 Å². The number of carbonyl (C=O) groups is 1. The molecule has 0 fully saturated rings. The Morgan fingerprint density at radius 1 is 1.16 bits per heavy atom. The number of nitrogens with two attached hydrogens (primary N) is 1. The highest BCUT2D eigenvalue weighted by molar-refractivity contribution is 6.07. The maximum absolute atomic E-state index is 13.2. The molecular formula is C27H26N8O2. The fraction of sp³-hybridized carbons (Fsp3) is 0.185. The van der Waals surface area contributed by atoms with Crippen LogP contribution in [-0.4, -0.2) is 50.4 Å². The van der Waals surface area contributed by atoms with Gasteiger partial charge in [-0.05, 0) is 42.8 Å². The highest BCUT2D eigenvalue weighted by Gasteiger charge is 2.21. The summed E-state index contributed by atoms with van der Waals surface area (Å²) in [6.45, 7) is 1.66. The second kappa shape index (κ2) is 9.07. The smallest absolute Gasteiger partial charge is 0.272 e. The number of benzene rings is 2. The van der Waals surface area contributed by atoms with E-state index in [-0.39, 0.29) is 5.91 Å². The summed E-state index contributed by atoms with van der Waals surface area (Å²) in [6.07, 6.45) is 4.43. The molecule has 10 heteroatoms. The Bertz CT molecular complexity index is 1700. The Kier molecular flexibility index (Phi) is 5.57. The van der Waals surface area contributed by atoms with Gasteiger partial charge < -0.3 is 25.7 Å². The molecule has 2 aromatic carbocycles. The Hall–Kier alpha value is -4.70. The van der Waals surface area contributed by atoms with Crippen molar-refractivity contribution in [3.63, 3.8) is 0 Å². The average Bonchev–Trinajstić information content (AvgIpc) is 3.49. The van der Waals surface area contributed by atoms with Crippen molar-refractivity contribution in [3.05, 3.63) is 72.3 Å². The second-order valence-electron chi connectivity index (χ2n) is 8.89. The van der Waals surface area contributed by atoms with Gasteiger partial charge in [0.15, 0.2) is 5.82 Å². The number of carbonyl (C=O) groups excluding carboxylic acids is 1. The van der Waals surface area contributed by atoms with E-state index >= 15 is 0 Å². The van der Waals surface area contributed by atoms with E-state index < -0.39 is 0 Å². The van der Waals surface area contributed by atoms with Crippen LogP contribution in [0.4, 0.5) is 11.5 Å². The minimum absolute atomic E-state index is 0.230. The number of amides is 1. The topological polar surface area (TPSA) is 125 Å². The number of hydrogen-bond acceptors (Lipinski definition) is 7. The van der Waals surface area contributed by atoms with Gasteiger partial charge in [-0.1, -0.05) is 24.3 Å². The quantitative estimate of drug-likeness (QED) is 0.341. The zero-order valence-corrected chi connectivity index (χ0v) is 20.5. The maximum Gasteiger partial charge on any atom is 0.272 e. The van der Waals surface area contributed by atoms with Crippen molar-refractivity contribution in [3.8, 4) is 11.4 Å². The summed E-state index contributed by atoms with van der Waals surface area (Å²) in [5.74, 6) is 0.601. The van der Waals surface area contributed by atoms with E-state index in [4.69, 9.17) is 15.6 Å². The van der Waals surface area contributed by atoms with Crippen molar-refractivity contribution in [2.45, 2.75) is 6.42 Å². The van der Waals surface area contributed by atoms with Crippen LogP contribution in [0.1, 0.15) is 22.6 Å². The number of nitrogens with one attached hydrogen (secondary N) is 2. The van der Waals surface area contributed by atoms with Gasteiger partial charge in [0.05, 0.1) is 18.5 Å². The molecule has 1 aliphatic rings. The lowest BCUT2D eigenvalue weighted by Crippen LogP contribution is -2.20.